The average molecular weight is 178 g/mol. The van der Waals surface area contributed by atoms with Crippen molar-refractivity contribution in [1.82, 2.24) is 4.98 Å². The van der Waals surface area contributed by atoms with E-state index in [1.165, 1.54) is 18.6 Å². The highest BCUT2D eigenvalue weighted by Crippen LogP contribution is 2.27. The molecular formula is C8H6N2O3. The first kappa shape index (κ1) is 7.60. The van der Waals surface area contributed by atoms with Gasteiger partial charge in [0.2, 0.25) is 0 Å². The van der Waals surface area contributed by atoms with Crippen LogP contribution in [0.5, 0.6) is 11.6 Å². The highest BCUT2D eigenvalue weighted by atomic mass is 16.5. The first-order chi connectivity index (χ1) is 6.27. The van der Waals surface area contributed by atoms with Crippen LogP contribution in [0.25, 0.3) is 0 Å². The predicted octanol–water partition coefficient (Wildman–Crippen LogP) is 0.423. The summed E-state index contributed by atoms with van der Waals surface area (Å²) in [6.07, 6.45) is 2.72. The van der Waals surface area contributed by atoms with Crippen LogP contribution >= 0.6 is 0 Å². The van der Waals surface area contributed by atoms with Crippen molar-refractivity contribution >= 4 is 5.91 Å². The van der Waals surface area contributed by atoms with E-state index in [4.69, 9.17) is 15.2 Å². The van der Waals surface area contributed by atoms with Crippen molar-refractivity contribution in [3.05, 3.63) is 30.4 Å². The molecule has 1 aromatic heterocycles. The van der Waals surface area contributed by atoms with Gasteiger partial charge in [-0.3, -0.25) is 4.79 Å². The van der Waals surface area contributed by atoms with Gasteiger partial charge in [-0.25, -0.2) is 4.98 Å². The van der Waals surface area contributed by atoms with Gasteiger partial charge in [0.25, 0.3) is 11.8 Å². The molecule has 5 nitrogen and oxygen atoms in total. The molecule has 1 aliphatic heterocycles. The van der Waals surface area contributed by atoms with E-state index >= 15 is 0 Å². The molecular weight excluding hydrogens is 172 g/mol. The Labute approximate surface area is 73.8 Å². The number of carbonyl (C=O) groups excluding carboxylic acids is 1. The fraction of sp³-hybridized carbons (Fsp3) is 0. The van der Waals surface area contributed by atoms with Crippen LogP contribution in [0.1, 0.15) is 10.5 Å². The zero-order chi connectivity index (χ0) is 9.26. The van der Waals surface area contributed by atoms with Crippen molar-refractivity contribution in [2.24, 2.45) is 5.73 Å². The summed E-state index contributed by atoms with van der Waals surface area (Å²) in [6, 6.07) is 3.05. The largest absolute Gasteiger partial charge is 0.456 e. The predicted molar refractivity (Wildman–Crippen MR) is 43.2 cm³/mol. The summed E-state index contributed by atoms with van der Waals surface area (Å²) in [5.41, 5.74) is 5.18. The Hall–Kier alpha value is -2.04. The molecule has 0 saturated carbocycles. The summed E-state index contributed by atoms with van der Waals surface area (Å²) in [5.74, 6) is 0.118. The smallest absolute Gasteiger partial charge is 0.267 e. The minimum absolute atomic E-state index is 0.151. The molecule has 2 heterocycles. The molecule has 0 unspecified atom stereocenters. The molecule has 1 amide bonds. The number of primary amides is 1. The number of ether oxygens (including phenoxy) is 2. The lowest BCUT2D eigenvalue weighted by molar-refractivity contribution is 0.0994. The Kier molecular flexibility index (Phi) is 1.63. The third-order valence-electron chi connectivity index (χ3n) is 1.51. The Balaban J connectivity index is 2.44. The van der Waals surface area contributed by atoms with E-state index in [1.54, 1.807) is 6.07 Å². The van der Waals surface area contributed by atoms with Gasteiger partial charge in [-0.15, -0.1) is 0 Å². The molecule has 0 radical (unpaired) electrons. The fourth-order valence-electron chi connectivity index (χ4n) is 0.932. The highest BCUT2D eigenvalue weighted by molar-refractivity contribution is 5.91. The second-order valence-corrected chi connectivity index (χ2v) is 2.37. The Morgan fingerprint density at radius 3 is 2.85 bits per heavy atom. The van der Waals surface area contributed by atoms with E-state index in [9.17, 15) is 4.79 Å². The van der Waals surface area contributed by atoms with E-state index < -0.39 is 5.91 Å². The van der Waals surface area contributed by atoms with Crippen molar-refractivity contribution in [3.8, 4) is 11.6 Å². The molecule has 13 heavy (non-hydrogen) atoms. The maximum atomic E-state index is 10.7. The standard InChI is InChI=1S/C8H6N2O3/c9-7(11)5-1-2-6-8(10-5)13-4-3-12-6/h1-4H,(H2,9,11). The summed E-state index contributed by atoms with van der Waals surface area (Å²) in [5, 5.41) is 0. The van der Waals surface area contributed by atoms with E-state index in [0.717, 1.165) is 0 Å². The van der Waals surface area contributed by atoms with Gasteiger partial charge in [-0.2, -0.15) is 0 Å². The van der Waals surface area contributed by atoms with Gasteiger partial charge in [-0.1, -0.05) is 0 Å². The zero-order valence-corrected chi connectivity index (χ0v) is 6.56. The molecule has 2 rings (SSSR count). The van der Waals surface area contributed by atoms with Gasteiger partial charge in [-0.05, 0) is 12.1 Å². The molecule has 0 fully saturated rings. The summed E-state index contributed by atoms with van der Waals surface area (Å²) in [7, 11) is 0. The molecule has 0 bridgehead atoms. The second-order valence-electron chi connectivity index (χ2n) is 2.37. The molecule has 0 atom stereocenters. The molecule has 1 aromatic rings. The van der Waals surface area contributed by atoms with Crippen LogP contribution in [0.2, 0.25) is 0 Å². The number of amides is 1. The van der Waals surface area contributed by atoms with Crippen molar-refractivity contribution in [2.45, 2.75) is 0 Å². The van der Waals surface area contributed by atoms with Crippen LogP contribution in [0.4, 0.5) is 0 Å². The molecule has 0 aliphatic carbocycles. The molecule has 1 aliphatic rings. The summed E-state index contributed by atoms with van der Waals surface area (Å²) < 4.78 is 10.0. The number of pyridine rings is 1. The average Bonchev–Trinajstić information content (AvgIpc) is 2.17. The molecule has 0 saturated heterocycles. The maximum Gasteiger partial charge on any atom is 0.267 e. The monoisotopic (exact) mass is 178 g/mol. The molecule has 0 spiro atoms. The number of nitrogens with two attached hydrogens (primary N) is 1. The third-order valence-corrected chi connectivity index (χ3v) is 1.51. The summed E-state index contributed by atoms with van der Waals surface area (Å²) >= 11 is 0. The summed E-state index contributed by atoms with van der Waals surface area (Å²) in [4.78, 5) is 14.6. The lowest BCUT2D eigenvalue weighted by Gasteiger charge is -2.10. The quantitative estimate of drug-likeness (QED) is 0.676. The van der Waals surface area contributed by atoms with Gasteiger partial charge in [0.05, 0.1) is 0 Å². The number of fused-ring (bicyclic) bond motifs is 1. The Morgan fingerprint density at radius 1 is 1.31 bits per heavy atom. The van der Waals surface area contributed by atoms with Gasteiger partial charge >= 0.3 is 0 Å². The molecule has 66 valence electrons. The normalized spacial score (nSPS) is 12.6. The molecule has 5 heteroatoms. The van der Waals surface area contributed by atoms with E-state index in [0.29, 0.717) is 5.75 Å². The number of hydrogen-bond donors (Lipinski definition) is 1. The fourth-order valence-corrected chi connectivity index (χ4v) is 0.932. The van der Waals surface area contributed by atoms with Gasteiger partial charge in [0, 0.05) is 0 Å². The first-order valence-electron chi connectivity index (χ1n) is 3.56. The van der Waals surface area contributed by atoms with Crippen LogP contribution in [0.15, 0.2) is 24.7 Å². The van der Waals surface area contributed by atoms with Crippen molar-refractivity contribution in [1.29, 1.82) is 0 Å². The molecule has 2 N–H and O–H groups in total. The summed E-state index contributed by atoms with van der Waals surface area (Å²) in [6.45, 7) is 0. The number of rotatable bonds is 1. The maximum absolute atomic E-state index is 10.7. The van der Waals surface area contributed by atoms with Crippen LogP contribution in [-0.2, 0) is 0 Å². The lowest BCUT2D eigenvalue weighted by atomic mass is 10.3. The number of carbonyl (C=O) groups is 1. The Morgan fingerprint density at radius 2 is 2.08 bits per heavy atom. The topological polar surface area (TPSA) is 74.4 Å². The first-order valence-corrected chi connectivity index (χ1v) is 3.56. The SMILES string of the molecule is NC(=O)c1ccc2c(n1)OC=CO2. The second kappa shape index (κ2) is 2.78. The van der Waals surface area contributed by atoms with Crippen molar-refractivity contribution in [3.63, 3.8) is 0 Å². The zero-order valence-electron chi connectivity index (χ0n) is 6.56. The van der Waals surface area contributed by atoms with Crippen LogP contribution < -0.4 is 15.2 Å². The van der Waals surface area contributed by atoms with Crippen LogP contribution in [-0.4, -0.2) is 10.9 Å². The highest BCUT2D eigenvalue weighted by Gasteiger charge is 2.12. The van der Waals surface area contributed by atoms with E-state index in [1.807, 2.05) is 0 Å². The number of hydrogen-bond acceptors (Lipinski definition) is 4. The minimum Gasteiger partial charge on any atom is -0.456 e. The minimum atomic E-state index is -0.596. The van der Waals surface area contributed by atoms with Crippen LogP contribution in [0, 0.1) is 0 Å². The lowest BCUT2D eigenvalue weighted by Crippen LogP contribution is -2.13. The molecule has 0 aromatic carbocycles. The van der Waals surface area contributed by atoms with Gasteiger partial charge in [0.1, 0.15) is 18.2 Å². The van der Waals surface area contributed by atoms with Gasteiger partial charge < -0.3 is 15.2 Å². The van der Waals surface area contributed by atoms with E-state index in [2.05, 4.69) is 4.98 Å². The van der Waals surface area contributed by atoms with Crippen LogP contribution in [0.3, 0.4) is 0 Å². The van der Waals surface area contributed by atoms with Crippen molar-refractivity contribution < 1.29 is 14.3 Å². The van der Waals surface area contributed by atoms with Gasteiger partial charge in [0.15, 0.2) is 5.75 Å². The van der Waals surface area contributed by atoms with Crippen molar-refractivity contribution in [2.75, 3.05) is 0 Å². The number of nitrogens with zero attached hydrogens (tertiary/aromatic N) is 1. The van der Waals surface area contributed by atoms with E-state index in [-0.39, 0.29) is 11.6 Å². The number of aromatic nitrogens is 1. The Bertz CT molecular complexity index is 387. The third kappa shape index (κ3) is 1.31.